The molecule has 0 saturated carbocycles. The molecule has 90 valence electrons. The summed E-state index contributed by atoms with van der Waals surface area (Å²) in [5.74, 6) is 0.738. The molecular weight excluding hydrogens is 216 g/mol. The second-order valence-corrected chi connectivity index (χ2v) is 4.14. The minimum absolute atomic E-state index is 0.0673. The molecule has 1 N–H and O–H groups in total. The van der Waals surface area contributed by atoms with E-state index in [0.29, 0.717) is 5.56 Å². The molecule has 0 aliphatic heterocycles. The summed E-state index contributed by atoms with van der Waals surface area (Å²) in [5, 5.41) is 4.10. The van der Waals surface area contributed by atoms with Crippen molar-refractivity contribution in [3.8, 4) is 11.3 Å². The molecule has 5 heteroatoms. The Morgan fingerprint density at radius 2 is 2.24 bits per heavy atom. The van der Waals surface area contributed by atoms with Crippen molar-refractivity contribution in [2.45, 2.75) is 26.7 Å². The number of aromatic nitrogens is 4. The highest BCUT2D eigenvalue weighted by Gasteiger charge is 2.10. The zero-order valence-electron chi connectivity index (χ0n) is 10.3. The summed E-state index contributed by atoms with van der Waals surface area (Å²) in [5.41, 5.74) is 2.18. The van der Waals surface area contributed by atoms with Crippen molar-refractivity contribution < 1.29 is 0 Å². The average Bonchev–Trinajstić information content (AvgIpc) is 2.70. The Labute approximate surface area is 99.5 Å². The van der Waals surface area contributed by atoms with Gasteiger partial charge in [-0.15, -0.1) is 0 Å². The van der Waals surface area contributed by atoms with Crippen molar-refractivity contribution in [1.29, 1.82) is 0 Å². The van der Waals surface area contributed by atoms with E-state index in [-0.39, 0.29) is 5.56 Å². The van der Waals surface area contributed by atoms with Crippen LogP contribution in [0.3, 0.4) is 0 Å². The van der Waals surface area contributed by atoms with Crippen LogP contribution in [0.4, 0.5) is 0 Å². The monoisotopic (exact) mass is 232 g/mol. The Balaban J connectivity index is 2.56. The van der Waals surface area contributed by atoms with Gasteiger partial charge in [0.15, 0.2) is 0 Å². The number of rotatable bonds is 3. The van der Waals surface area contributed by atoms with Crippen molar-refractivity contribution in [2.75, 3.05) is 0 Å². The molecule has 0 aromatic carbocycles. The fourth-order valence-electron chi connectivity index (χ4n) is 1.76. The van der Waals surface area contributed by atoms with Gasteiger partial charge in [0.1, 0.15) is 5.82 Å². The van der Waals surface area contributed by atoms with E-state index in [1.54, 1.807) is 17.8 Å². The molecule has 0 amide bonds. The summed E-state index contributed by atoms with van der Waals surface area (Å²) >= 11 is 0. The Bertz CT molecular complexity index is 582. The third-order valence-corrected chi connectivity index (χ3v) is 2.67. The van der Waals surface area contributed by atoms with E-state index in [9.17, 15) is 4.79 Å². The van der Waals surface area contributed by atoms with Gasteiger partial charge >= 0.3 is 0 Å². The van der Waals surface area contributed by atoms with Crippen LogP contribution in [0, 0.1) is 6.92 Å². The molecule has 0 bridgehead atoms. The topological polar surface area (TPSA) is 63.6 Å². The highest BCUT2D eigenvalue weighted by Crippen LogP contribution is 2.17. The highest BCUT2D eigenvalue weighted by molar-refractivity contribution is 5.60. The normalized spacial score (nSPS) is 10.8. The smallest absolute Gasteiger partial charge is 0.254 e. The van der Waals surface area contributed by atoms with Crippen LogP contribution in [0.5, 0.6) is 0 Å². The lowest BCUT2D eigenvalue weighted by Crippen LogP contribution is -2.15. The molecule has 0 aliphatic rings. The molecule has 2 heterocycles. The number of hydrogen-bond acceptors (Lipinski definition) is 3. The third kappa shape index (κ3) is 2.27. The molecule has 0 spiro atoms. The minimum atomic E-state index is -0.0673. The standard InChI is InChI=1S/C12H16N4O/c1-4-5-10-14-11(8(2)12(17)15-10)9-6-13-16(3)7-9/h6-7H,4-5H2,1-3H3,(H,14,15,17). The van der Waals surface area contributed by atoms with Gasteiger partial charge < -0.3 is 4.98 Å². The van der Waals surface area contributed by atoms with Gasteiger partial charge in [-0.3, -0.25) is 9.48 Å². The van der Waals surface area contributed by atoms with Crippen molar-refractivity contribution >= 4 is 0 Å². The SMILES string of the molecule is CCCc1nc(-c2cnn(C)c2)c(C)c(=O)[nH]1. The van der Waals surface area contributed by atoms with Gasteiger partial charge in [0.05, 0.1) is 11.9 Å². The van der Waals surface area contributed by atoms with Gasteiger partial charge in [0.2, 0.25) is 0 Å². The summed E-state index contributed by atoms with van der Waals surface area (Å²) < 4.78 is 1.71. The number of nitrogens with zero attached hydrogens (tertiary/aromatic N) is 3. The number of nitrogens with one attached hydrogen (secondary N) is 1. The lowest BCUT2D eigenvalue weighted by Gasteiger charge is -2.04. The van der Waals surface area contributed by atoms with Crippen LogP contribution in [0.25, 0.3) is 11.3 Å². The number of aryl methyl sites for hydroxylation is 2. The first-order valence-electron chi connectivity index (χ1n) is 5.70. The summed E-state index contributed by atoms with van der Waals surface area (Å²) in [4.78, 5) is 19.1. The van der Waals surface area contributed by atoms with E-state index < -0.39 is 0 Å². The quantitative estimate of drug-likeness (QED) is 0.870. The lowest BCUT2D eigenvalue weighted by molar-refractivity contribution is 0.768. The molecule has 0 saturated heterocycles. The highest BCUT2D eigenvalue weighted by atomic mass is 16.1. The first kappa shape index (κ1) is 11.6. The van der Waals surface area contributed by atoms with Crippen molar-refractivity contribution in [1.82, 2.24) is 19.7 Å². The van der Waals surface area contributed by atoms with Crippen molar-refractivity contribution in [3.63, 3.8) is 0 Å². The van der Waals surface area contributed by atoms with Crippen LogP contribution in [-0.2, 0) is 13.5 Å². The van der Waals surface area contributed by atoms with Gasteiger partial charge in [-0.25, -0.2) is 4.98 Å². The van der Waals surface area contributed by atoms with Crippen LogP contribution in [0.1, 0.15) is 24.7 Å². The maximum atomic E-state index is 11.8. The number of hydrogen-bond donors (Lipinski definition) is 1. The second kappa shape index (κ2) is 4.53. The molecular formula is C12H16N4O. The van der Waals surface area contributed by atoms with Gasteiger partial charge in [0, 0.05) is 30.8 Å². The zero-order valence-corrected chi connectivity index (χ0v) is 10.3. The molecule has 2 aromatic heterocycles. The van der Waals surface area contributed by atoms with E-state index in [1.165, 1.54) is 0 Å². The Morgan fingerprint density at radius 3 is 2.82 bits per heavy atom. The van der Waals surface area contributed by atoms with E-state index in [1.807, 2.05) is 13.2 Å². The van der Waals surface area contributed by atoms with Crippen molar-refractivity contribution in [3.05, 3.63) is 34.1 Å². The third-order valence-electron chi connectivity index (χ3n) is 2.67. The second-order valence-electron chi connectivity index (χ2n) is 4.14. The first-order valence-corrected chi connectivity index (χ1v) is 5.70. The van der Waals surface area contributed by atoms with Crippen molar-refractivity contribution in [2.24, 2.45) is 7.05 Å². The van der Waals surface area contributed by atoms with E-state index in [4.69, 9.17) is 0 Å². The van der Waals surface area contributed by atoms with E-state index >= 15 is 0 Å². The maximum absolute atomic E-state index is 11.8. The Hall–Kier alpha value is -1.91. The first-order chi connectivity index (χ1) is 8.11. The summed E-state index contributed by atoms with van der Waals surface area (Å²) in [6.45, 7) is 3.84. The Kier molecular flexibility index (Phi) is 3.08. The summed E-state index contributed by atoms with van der Waals surface area (Å²) in [6, 6.07) is 0. The molecule has 5 nitrogen and oxygen atoms in total. The predicted molar refractivity (Wildman–Crippen MR) is 65.8 cm³/mol. The number of aromatic amines is 1. The molecule has 2 aromatic rings. The van der Waals surface area contributed by atoms with E-state index in [2.05, 4.69) is 22.0 Å². The molecule has 2 rings (SSSR count). The largest absolute Gasteiger partial charge is 0.310 e. The van der Waals surface area contributed by atoms with Gasteiger partial charge in [-0.2, -0.15) is 5.10 Å². The summed E-state index contributed by atoms with van der Waals surface area (Å²) in [6.07, 6.45) is 5.33. The van der Waals surface area contributed by atoms with Crippen LogP contribution >= 0.6 is 0 Å². The van der Waals surface area contributed by atoms with Gasteiger partial charge in [-0.1, -0.05) is 6.92 Å². The van der Waals surface area contributed by atoms with Crippen LogP contribution in [0.2, 0.25) is 0 Å². The zero-order chi connectivity index (χ0) is 12.4. The Morgan fingerprint density at radius 1 is 1.47 bits per heavy atom. The fraction of sp³-hybridized carbons (Fsp3) is 0.417. The predicted octanol–water partition coefficient (Wildman–Crippen LogP) is 1.43. The molecule has 0 aliphatic carbocycles. The minimum Gasteiger partial charge on any atom is -0.310 e. The molecule has 0 fully saturated rings. The lowest BCUT2D eigenvalue weighted by atomic mass is 10.1. The summed E-state index contributed by atoms with van der Waals surface area (Å²) in [7, 11) is 1.85. The van der Waals surface area contributed by atoms with Crippen LogP contribution in [-0.4, -0.2) is 19.7 Å². The van der Waals surface area contributed by atoms with Gasteiger partial charge in [-0.05, 0) is 13.3 Å². The maximum Gasteiger partial charge on any atom is 0.254 e. The average molecular weight is 232 g/mol. The van der Waals surface area contributed by atoms with Crippen LogP contribution < -0.4 is 5.56 Å². The molecule has 0 atom stereocenters. The molecule has 0 radical (unpaired) electrons. The van der Waals surface area contributed by atoms with Gasteiger partial charge in [0.25, 0.3) is 5.56 Å². The number of H-pyrrole nitrogens is 1. The van der Waals surface area contributed by atoms with E-state index in [0.717, 1.165) is 29.9 Å². The van der Waals surface area contributed by atoms with Crippen LogP contribution in [0.15, 0.2) is 17.2 Å². The fourth-order valence-corrected chi connectivity index (χ4v) is 1.76. The molecule has 17 heavy (non-hydrogen) atoms. The molecule has 0 unspecified atom stereocenters.